The van der Waals surface area contributed by atoms with Gasteiger partial charge in [0.25, 0.3) is 0 Å². The molecule has 1 aromatic carbocycles. The number of carboxylic acids is 1. The van der Waals surface area contributed by atoms with E-state index in [-0.39, 0.29) is 17.2 Å². The van der Waals surface area contributed by atoms with Gasteiger partial charge in [-0.2, -0.15) is 0 Å². The van der Waals surface area contributed by atoms with Crippen LogP contribution in [0.4, 0.5) is 0 Å². The summed E-state index contributed by atoms with van der Waals surface area (Å²) in [5.41, 5.74) is 0.911. The van der Waals surface area contributed by atoms with Gasteiger partial charge in [-0.15, -0.1) is 0 Å². The van der Waals surface area contributed by atoms with Crippen molar-refractivity contribution in [3.8, 4) is 0 Å². The van der Waals surface area contributed by atoms with E-state index in [0.29, 0.717) is 19.5 Å². The van der Waals surface area contributed by atoms with Crippen LogP contribution in [0.2, 0.25) is 0 Å². The summed E-state index contributed by atoms with van der Waals surface area (Å²) in [6, 6.07) is 10.1. The van der Waals surface area contributed by atoms with Crippen LogP contribution in [-0.4, -0.2) is 35.0 Å². The number of benzene rings is 1. The summed E-state index contributed by atoms with van der Waals surface area (Å²) >= 11 is 0. The van der Waals surface area contributed by atoms with Gasteiger partial charge in [-0.05, 0) is 31.2 Å². The highest BCUT2D eigenvalue weighted by atomic mass is 16.4. The second kappa shape index (κ2) is 5.51. The molecule has 0 bridgehead atoms. The molecule has 1 saturated carbocycles. The van der Waals surface area contributed by atoms with E-state index in [1.807, 2.05) is 18.2 Å². The Morgan fingerprint density at radius 1 is 1.24 bits per heavy atom. The Balaban J connectivity index is 1.71. The van der Waals surface area contributed by atoms with E-state index in [2.05, 4.69) is 12.1 Å². The van der Waals surface area contributed by atoms with Crippen molar-refractivity contribution >= 4 is 11.9 Å². The first-order valence-corrected chi connectivity index (χ1v) is 7.67. The van der Waals surface area contributed by atoms with Gasteiger partial charge in [-0.1, -0.05) is 36.8 Å². The molecular formula is C17H21NO3. The van der Waals surface area contributed by atoms with Crippen LogP contribution in [0, 0.1) is 11.3 Å². The number of carbonyl (C=O) groups is 2. The summed E-state index contributed by atoms with van der Waals surface area (Å²) in [5, 5.41) is 9.08. The van der Waals surface area contributed by atoms with Gasteiger partial charge in [-0.3, -0.25) is 9.59 Å². The number of aliphatic carboxylic acids is 1. The molecule has 112 valence electrons. The maximum Gasteiger partial charge on any atom is 0.308 e. The Morgan fingerprint density at radius 3 is 2.48 bits per heavy atom. The minimum atomic E-state index is -0.781. The summed E-state index contributed by atoms with van der Waals surface area (Å²) in [5.74, 6) is -1.000. The fourth-order valence-electron chi connectivity index (χ4n) is 3.54. The van der Waals surface area contributed by atoms with Gasteiger partial charge >= 0.3 is 5.97 Å². The number of hydrogen-bond donors (Lipinski definition) is 1. The van der Waals surface area contributed by atoms with Crippen molar-refractivity contribution in [2.45, 2.75) is 32.1 Å². The Labute approximate surface area is 124 Å². The first-order chi connectivity index (χ1) is 10.1. The molecule has 1 saturated heterocycles. The van der Waals surface area contributed by atoms with Crippen molar-refractivity contribution < 1.29 is 14.7 Å². The monoisotopic (exact) mass is 287 g/mol. The highest BCUT2D eigenvalue weighted by Crippen LogP contribution is 2.46. The number of nitrogens with zero attached hydrogens (tertiary/aromatic N) is 1. The highest BCUT2D eigenvalue weighted by Gasteiger charge is 2.47. The lowest BCUT2D eigenvalue weighted by atomic mass is 9.64. The van der Waals surface area contributed by atoms with Crippen LogP contribution in [0.15, 0.2) is 30.3 Å². The first kappa shape index (κ1) is 14.1. The quantitative estimate of drug-likeness (QED) is 0.924. The molecule has 4 nitrogen and oxygen atoms in total. The van der Waals surface area contributed by atoms with Crippen LogP contribution in [0.25, 0.3) is 0 Å². The molecule has 0 aromatic heterocycles. The molecular weight excluding hydrogens is 266 g/mol. The Hall–Kier alpha value is -1.84. The summed E-state index contributed by atoms with van der Waals surface area (Å²) in [6.07, 6.45) is 4.31. The van der Waals surface area contributed by atoms with Gasteiger partial charge in [0, 0.05) is 13.1 Å². The normalized spacial score (nSPS) is 23.6. The summed E-state index contributed by atoms with van der Waals surface area (Å²) in [6.45, 7) is 0.969. The zero-order valence-electron chi connectivity index (χ0n) is 12.1. The molecule has 0 spiro atoms. The van der Waals surface area contributed by atoms with Gasteiger partial charge in [0.05, 0.1) is 11.3 Å². The molecule has 2 fully saturated rings. The maximum atomic E-state index is 12.9. The number of carboxylic acid groups (broad SMARTS) is 1. The van der Waals surface area contributed by atoms with Crippen molar-refractivity contribution in [1.29, 1.82) is 0 Å². The van der Waals surface area contributed by atoms with Gasteiger partial charge in [-0.25, -0.2) is 0 Å². The maximum absolute atomic E-state index is 12.9. The van der Waals surface area contributed by atoms with Crippen molar-refractivity contribution in [1.82, 2.24) is 4.90 Å². The second-order valence-electron chi connectivity index (χ2n) is 6.37. The fourth-order valence-corrected chi connectivity index (χ4v) is 3.54. The van der Waals surface area contributed by atoms with Gasteiger partial charge in [0.2, 0.25) is 5.91 Å². The van der Waals surface area contributed by atoms with Crippen LogP contribution < -0.4 is 0 Å². The summed E-state index contributed by atoms with van der Waals surface area (Å²) in [7, 11) is 0. The highest BCUT2D eigenvalue weighted by molar-refractivity contribution is 5.85. The lowest BCUT2D eigenvalue weighted by molar-refractivity contribution is -0.147. The topological polar surface area (TPSA) is 57.6 Å². The van der Waals surface area contributed by atoms with E-state index in [1.165, 1.54) is 5.56 Å². The first-order valence-electron chi connectivity index (χ1n) is 7.67. The summed E-state index contributed by atoms with van der Waals surface area (Å²) < 4.78 is 0. The number of hydrogen-bond acceptors (Lipinski definition) is 2. The number of carbonyl (C=O) groups excluding carboxylic acids is 1. The average molecular weight is 287 g/mol. The second-order valence-corrected chi connectivity index (χ2v) is 6.37. The van der Waals surface area contributed by atoms with E-state index in [0.717, 1.165) is 25.7 Å². The molecule has 1 aromatic rings. The molecule has 21 heavy (non-hydrogen) atoms. The molecule has 1 heterocycles. The zero-order chi connectivity index (χ0) is 14.9. The molecule has 1 amide bonds. The largest absolute Gasteiger partial charge is 0.481 e. The standard InChI is InChI=1S/C17H21NO3/c19-15(20)14-7-10-18(12-14)16(21)17(8-4-9-17)11-13-5-2-1-3-6-13/h1-3,5-6,14H,4,7-12H2,(H,19,20)/t14-/m0/s1. The zero-order valence-corrected chi connectivity index (χ0v) is 12.1. The molecule has 4 heteroatoms. The predicted octanol–water partition coefficient (Wildman–Crippen LogP) is 2.33. The lowest BCUT2D eigenvalue weighted by Gasteiger charge is -2.43. The Bertz CT molecular complexity index is 536. The molecule has 1 aliphatic heterocycles. The Morgan fingerprint density at radius 2 is 1.95 bits per heavy atom. The Kier molecular flexibility index (Phi) is 3.70. The molecule has 1 aliphatic carbocycles. The average Bonchev–Trinajstić information content (AvgIpc) is 2.93. The van der Waals surface area contributed by atoms with Crippen molar-refractivity contribution in [3.05, 3.63) is 35.9 Å². The third kappa shape index (κ3) is 2.67. The molecule has 0 unspecified atom stereocenters. The van der Waals surface area contributed by atoms with E-state index >= 15 is 0 Å². The smallest absolute Gasteiger partial charge is 0.308 e. The molecule has 2 aliphatic rings. The lowest BCUT2D eigenvalue weighted by Crippen LogP contribution is -2.48. The van der Waals surface area contributed by atoms with Crippen molar-refractivity contribution in [3.63, 3.8) is 0 Å². The van der Waals surface area contributed by atoms with Crippen molar-refractivity contribution in [2.75, 3.05) is 13.1 Å². The van der Waals surface area contributed by atoms with E-state index in [4.69, 9.17) is 5.11 Å². The van der Waals surface area contributed by atoms with Crippen LogP contribution in [0.1, 0.15) is 31.2 Å². The minimum absolute atomic E-state index is 0.168. The van der Waals surface area contributed by atoms with Crippen molar-refractivity contribution in [2.24, 2.45) is 11.3 Å². The molecule has 1 atom stereocenters. The number of amides is 1. The van der Waals surface area contributed by atoms with Crippen LogP contribution in [0.5, 0.6) is 0 Å². The number of rotatable bonds is 4. The van der Waals surface area contributed by atoms with E-state index in [9.17, 15) is 9.59 Å². The summed E-state index contributed by atoms with van der Waals surface area (Å²) in [4.78, 5) is 25.7. The molecule has 1 N–H and O–H groups in total. The third-order valence-electron chi connectivity index (χ3n) is 4.97. The molecule has 3 rings (SSSR count). The third-order valence-corrected chi connectivity index (χ3v) is 4.97. The molecule has 0 radical (unpaired) electrons. The van der Waals surface area contributed by atoms with Gasteiger partial charge in [0.1, 0.15) is 0 Å². The fraction of sp³-hybridized carbons (Fsp3) is 0.529. The predicted molar refractivity (Wildman–Crippen MR) is 78.8 cm³/mol. The van der Waals surface area contributed by atoms with Gasteiger partial charge in [0.15, 0.2) is 0 Å². The SMILES string of the molecule is O=C(O)[C@H]1CCN(C(=O)C2(Cc3ccccc3)CCC2)C1. The van der Waals surface area contributed by atoms with E-state index in [1.54, 1.807) is 4.90 Å². The number of likely N-dealkylation sites (tertiary alicyclic amines) is 1. The van der Waals surface area contributed by atoms with Crippen LogP contribution >= 0.6 is 0 Å². The van der Waals surface area contributed by atoms with Gasteiger partial charge < -0.3 is 10.0 Å². The van der Waals surface area contributed by atoms with Crippen LogP contribution in [-0.2, 0) is 16.0 Å². The van der Waals surface area contributed by atoms with Crippen LogP contribution in [0.3, 0.4) is 0 Å². The van der Waals surface area contributed by atoms with E-state index < -0.39 is 5.97 Å². The minimum Gasteiger partial charge on any atom is -0.481 e.